The summed E-state index contributed by atoms with van der Waals surface area (Å²) in [6.07, 6.45) is 1.02. The van der Waals surface area contributed by atoms with Crippen LogP contribution in [0.25, 0.3) is 10.8 Å². The van der Waals surface area contributed by atoms with Crippen molar-refractivity contribution in [2.24, 2.45) is 5.92 Å². The maximum Gasteiger partial charge on any atom is 0.499 e. The van der Waals surface area contributed by atoms with Crippen LogP contribution in [0.4, 0.5) is 0 Å². The van der Waals surface area contributed by atoms with Gasteiger partial charge in [0.25, 0.3) is 0 Å². The summed E-state index contributed by atoms with van der Waals surface area (Å²) in [5, 5.41) is 2.30. The molecule has 0 amide bonds. The van der Waals surface area contributed by atoms with Crippen molar-refractivity contribution in [3.8, 4) is 5.75 Å². The highest BCUT2D eigenvalue weighted by atomic mass is 16.7. The molecule has 1 aliphatic heterocycles. The summed E-state index contributed by atoms with van der Waals surface area (Å²) in [5.74, 6) is 1.47. The van der Waals surface area contributed by atoms with E-state index in [2.05, 4.69) is 71.9 Å². The largest absolute Gasteiger partial charge is 0.499 e. The van der Waals surface area contributed by atoms with E-state index < -0.39 is 7.12 Å². The zero-order chi connectivity index (χ0) is 18.2. The molecule has 0 aliphatic carbocycles. The summed E-state index contributed by atoms with van der Waals surface area (Å²) in [6, 6.07) is 12.5. The molecule has 1 heterocycles. The van der Waals surface area contributed by atoms with E-state index in [1.807, 2.05) is 6.07 Å². The van der Waals surface area contributed by atoms with E-state index in [-0.39, 0.29) is 11.2 Å². The first kappa shape index (κ1) is 18.3. The van der Waals surface area contributed by atoms with Crippen molar-refractivity contribution in [3.63, 3.8) is 0 Å². The molecule has 0 spiro atoms. The van der Waals surface area contributed by atoms with Crippen molar-refractivity contribution in [2.45, 2.75) is 59.2 Å². The minimum Gasteiger partial charge on any atom is -0.494 e. The highest BCUT2D eigenvalue weighted by Crippen LogP contribution is 2.38. The predicted molar refractivity (Wildman–Crippen MR) is 105 cm³/mol. The molecule has 1 saturated heterocycles. The summed E-state index contributed by atoms with van der Waals surface area (Å²) in [4.78, 5) is 0. The van der Waals surface area contributed by atoms with Crippen LogP contribution in [-0.2, 0) is 9.31 Å². The van der Waals surface area contributed by atoms with Gasteiger partial charge in [0.1, 0.15) is 5.75 Å². The minimum atomic E-state index is -0.426. The van der Waals surface area contributed by atoms with E-state index in [0.717, 1.165) is 23.0 Å². The number of benzene rings is 2. The molecule has 0 N–H and O–H groups in total. The second-order valence-corrected chi connectivity index (χ2v) is 8.32. The highest BCUT2D eigenvalue weighted by Gasteiger charge is 2.52. The van der Waals surface area contributed by atoms with Gasteiger partial charge in [-0.3, -0.25) is 0 Å². The first-order valence-corrected chi connectivity index (χ1v) is 9.21. The van der Waals surface area contributed by atoms with Gasteiger partial charge in [0.2, 0.25) is 0 Å². The van der Waals surface area contributed by atoms with E-state index in [1.54, 1.807) is 0 Å². The van der Waals surface area contributed by atoms with Crippen molar-refractivity contribution in [1.82, 2.24) is 0 Å². The van der Waals surface area contributed by atoms with Gasteiger partial charge >= 0.3 is 7.12 Å². The third-order valence-electron chi connectivity index (χ3n) is 5.37. The second-order valence-electron chi connectivity index (χ2n) is 8.32. The van der Waals surface area contributed by atoms with Crippen LogP contribution in [0.1, 0.15) is 48.0 Å². The van der Waals surface area contributed by atoms with Crippen LogP contribution >= 0.6 is 0 Å². The van der Waals surface area contributed by atoms with E-state index in [9.17, 15) is 0 Å². The maximum absolute atomic E-state index is 6.32. The fourth-order valence-electron chi connectivity index (χ4n) is 3.01. The number of hydrogen-bond donors (Lipinski definition) is 0. The van der Waals surface area contributed by atoms with Gasteiger partial charge in [-0.05, 0) is 56.9 Å². The van der Waals surface area contributed by atoms with Crippen LogP contribution in [-0.4, -0.2) is 24.9 Å². The molecular formula is C21H29BO3. The van der Waals surface area contributed by atoms with E-state index in [1.165, 1.54) is 5.39 Å². The normalized spacial score (nSPS) is 18.9. The minimum absolute atomic E-state index is 0.371. The fourth-order valence-corrected chi connectivity index (χ4v) is 3.01. The van der Waals surface area contributed by atoms with E-state index in [4.69, 9.17) is 14.0 Å². The maximum atomic E-state index is 6.32. The molecule has 1 fully saturated rings. The second kappa shape index (κ2) is 6.66. The molecule has 134 valence electrons. The smallest absolute Gasteiger partial charge is 0.494 e. The molecule has 0 saturated carbocycles. The highest BCUT2D eigenvalue weighted by molar-refractivity contribution is 6.66. The van der Waals surface area contributed by atoms with Gasteiger partial charge in [-0.15, -0.1) is 0 Å². The van der Waals surface area contributed by atoms with Crippen LogP contribution in [0.3, 0.4) is 0 Å². The van der Waals surface area contributed by atoms with E-state index >= 15 is 0 Å². The molecule has 3 nitrogen and oxygen atoms in total. The Morgan fingerprint density at radius 3 is 2.24 bits per heavy atom. The van der Waals surface area contributed by atoms with Crippen molar-refractivity contribution >= 4 is 23.4 Å². The molecule has 0 bridgehead atoms. The third kappa shape index (κ3) is 3.56. The number of hydrogen-bond acceptors (Lipinski definition) is 3. The first-order valence-electron chi connectivity index (χ1n) is 9.21. The van der Waals surface area contributed by atoms with Gasteiger partial charge in [0.15, 0.2) is 0 Å². The van der Waals surface area contributed by atoms with Gasteiger partial charge in [0.05, 0.1) is 17.8 Å². The Bertz CT molecular complexity index is 736. The molecule has 2 aromatic carbocycles. The van der Waals surface area contributed by atoms with Crippen LogP contribution < -0.4 is 10.2 Å². The Labute approximate surface area is 151 Å². The quantitative estimate of drug-likeness (QED) is 0.747. The van der Waals surface area contributed by atoms with Gasteiger partial charge in [0, 0.05) is 5.46 Å². The summed E-state index contributed by atoms with van der Waals surface area (Å²) in [6.45, 7) is 13.4. The Hall–Kier alpha value is -1.52. The lowest BCUT2D eigenvalue weighted by molar-refractivity contribution is 0.00578. The summed E-state index contributed by atoms with van der Waals surface area (Å²) in [5.41, 5.74) is 0.258. The lowest BCUT2D eigenvalue weighted by atomic mass is 9.75. The lowest BCUT2D eigenvalue weighted by Crippen LogP contribution is -2.41. The van der Waals surface area contributed by atoms with Crippen molar-refractivity contribution in [1.29, 1.82) is 0 Å². The fraction of sp³-hybridized carbons (Fsp3) is 0.524. The topological polar surface area (TPSA) is 27.7 Å². The van der Waals surface area contributed by atoms with Crippen molar-refractivity contribution in [2.75, 3.05) is 6.61 Å². The number of ether oxygens (including phenoxy) is 1. The Kier molecular flexibility index (Phi) is 4.87. The van der Waals surface area contributed by atoms with Gasteiger partial charge < -0.3 is 14.0 Å². The number of rotatable bonds is 5. The van der Waals surface area contributed by atoms with Gasteiger partial charge in [-0.1, -0.05) is 44.2 Å². The predicted octanol–water partition coefficient (Wildman–Crippen LogP) is 4.56. The van der Waals surface area contributed by atoms with Crippen LogP contribution in [0, 0.1) is 5.92 Å². The number of fused-ring (bicyclic) bond motifs is 1. The average molecular weight is 340 g/mol. The SMILES string of the molecule is CC(C)CCOc1ccc2ccccc2c1B1OC(C)(C)C(C)(C)O1. The molecule has 0 aromatic heterocycles. The first-order chi connectivity index (χ1) is 11.7. The standard InChI is InChI=1S/C21H29BO3/c1-15(2)13-14-23-18-12-11-16-9-7-8-10-17(16)19(18)22-24-20(3,4)21(5,6)25-22/h7-12,15H,13-14H2,1-6H3. The molecule has 0 unspecified atom stereocenters. The molecule has 0 atom stereocenters. The molecule has 0 radical (unpaired) electrons. The molecular weight excluding hydrogens is 311 g/mol. The van der Waals surface area contributed by atoms with Crippen molar-refractivity contribution in [3.05, 3.63) is 36.4 Å². The molecule has 2 aromatic rings. The van der Waals surface area contributed by atoms with Gasteiger partial charge in [-0.25, -0.2) is 0 Å². The summed E-state index contributed by atoms with van der Waals surface area (Å²) in [7, 11) is -0.426. The average Bonchev–Trinajstić information content (AvgIpc) is 2.74. The Morgan fingerprint density at radius 2 is 1.60 bits per heavy atom. The van der Waals surface area contributed by atoms with Crippen LogP contribution in [0.15, 0.2) is 36.4 Å². The van der Waals surface area contributed by atoms with Crippen LogP contribution in [0.5, 0.6) is 5.75 Å². The summed E-state index contributed by atoms with van der Waals surface area (Å²) < 4.78 is 18.8. The van der Waals surface area contributed by atoms with Crippen molar-refractivity contribution < 1.29 is 14.0 Å². The summed E-state index contributed by atoms with van der Waals surface area (Å²) >= 11 is 0. The Balaban J connectivity index is 2.02. The third-order valence-corrected chi connectivity index (χ3v) is 5.37. The zero-order valence-electron chi connectivity index (χ0n) is 16.3. The Morgan fingerprint density at radius 1 is 0.960 bits per heavy atom. The van der Waals surface area contributed by atoms with E-state index in [0.29, 0.717) is 12.5 Å². The zero-order valence-corrected chi connectivity index (χ0v) is 16.3. The lowest BCUT2D eigenvalue weighted by Gasteiger charge is -2.32. The van der Waals surface area contributed by atoms with Gasteiger partial charge in [-0.2, -0.15) is 0 Å². The van der Waals surface area contributed by atoms with Crippen LogP contribution in [0.2, 0.25) is 0 Å². The molecule has 3 rings (SSSR count). The molecule has 4 heteroatoms. The molecule has 25 heavy (non-hydrogen) atoms. The molecule has 1 aliphatic rings. The monoisotopic (exact) mass is 340 g/mol.